The van der Waals surface area contributed by atoms with Crippen molar-refractivity contribution in [2.75, 3.05) is 56.7 Å². The van der Waals surface area contributed by atoms with E-state index in [-0.39, 0.29) is 5.91 Å². The number of para-hydroxylation sites is 1. The van der Waals surface area contributed by atoms with Crippen LogP contribution in [-0.4, -0.2) is 67.2 Å². The van der Waals surface area contributed by atoms with Crippen LogP contribution in [0.5, 0.6) is 0 Å². The SMILES string of the molecule is COCCNc1ncc(C(=O)N2CCN(c3ccccc3)CC2)cn1. The smallest absolute Gasteiger partial charge is 0.257 e. The van der Waals surface area contributed by atoms with Gasteiger partial charge >= 0.3 is 0 Å². The average Bonchev–Trinajstić information content (AvgIpc) is 2.69. The third-order valence-corrected chi connectivity index (χ3v) is 4.18. The zero-order valence-electron chi connectivity index (χ0n) is 14.4. The van der Waals surface area contributed by atoms with E-state index in [9.17, 15) is 4.79 Å². The molecule has 1 fully saturated rings. The van der Waals surface area contributed by atoms with Gasteiger partial charge in [-0.25, -0.2) is 9.97 Å². The van der Waals surface area contributed by atoms with Gasteiger partial charge in [0.15, 0.2) is 0 Å². The molecule has 0 saturated carbocycles. The molecule has 7 heteroatoms. The Morgan fingerprint density at radius 1 is 1.12 bits per heavy atom. The molecule has 1 aliphatic heterocycles. The summed E-state index contributed by atoms with van der Waals surface area (Å²) in [4.78, 5) is 25.1. The van der Waals surface area contributed by atoms with Gasteiger partial charge in [-0.05, 0) is 12.1 Å². The van der Waals surface area contributed by atoms with Crippen LogP contribution in [0.15, 0.2) is 42.7 Å². The van der Waals surface area contributed by atoms with E-state index in [1.54, 1.807) is 19.5 Å². The van der Waals surface area contributed by atoms with Crippen LogP contribution in [0.1, 0.15) is 10.4 Å². The van der Waals surface area contributed by atoms with Crippen LogP contribution in [0, 0.1) is 0 Å². The zero-order valence-corrected chi connectivity index (χ0v) is 14.4. The summed E-state index contributed by atoms with van der Waals surface area (Å²) < 4.78 is 4.96. The molecule has 0 unspecified atom stereocenters. The van der Waals surface area contributed by atoms with Crippen LogP contribution in [0.3, 0.4) is 0 Å². The van der Waals surface area contributed by atoms with Crippen LogP contribution in [0.2, 0.25) is 0 Å². The van der Waals surface area contributed by atoms with E-state index < -0.39 is 0 Å². The van der Waals surface area contributed by atoms with Crippen LogP contribution in [0.25, 0.3) is 0 Å². The minimum absolute atomic E-state index is 0.0175. The van der Waals surface area contributed by atoms with Crippen molar-refractivity contribution in [3.63, 3.8) is 0 Å². The quantitative estimate of drug-likeness (QED) is 0.803. The molecule has 0 bridgehead atoms. The van der Waals surface area contributed by atoms with Crippen molar-refractivity contribution in [1.29, 1.82) is 0 Å². The first kappa shape index (κ1) is 17.2. The van der Waals surface area contributed by atoms with Crippen LogP contribution in [-0.2, 0) is 4.74 Å². The van der Waals surface area contributed by atoms with Gasteiger partial charge in [0, 0.05) is 57.9 Å². The molecule has 1 aromatic carbocycles. The minimum Gasteiger partial charge on any atom is -0.383 e. The molecule has 1 N–H and O–H groups in total. The number of hydrogen-bond donors (Lipinski definition) is 1. The fourth-order valence-electron chi connectivity index (χ4n) is 2.78. The molecule has 1 aromatic heterocycles. The first-order chi connectivity index (χ1) is 12.3. The Morgan fingerprint density at radius 3 is 2.44 bits per heavy atom. The number of benzene rings is 1. The van der Waals surface area contributed by atoms with Gasteiger partial charge in [-0.3, -0.25) is 4.79 Å². The second-order valence-corrected chi connectivity index (χ2v) is 5.83. The van der Waals surface area contributed by atoms with Crippen molar-refractivity contribution in [1.82, 2.24) is 14.9 Å². The first-order valence-electron chi connectivity index (χ1n) is 8.42. The standard InChI is InChI=1S/C18H23N5O2/c1-25-12-7-19-18-20-13-15(14-21-18)17(24)23-10-8-22(9-11-23)16-5-3-2-4-6-16/h2-6,13-14H,7-12H2,1H3,(H,19,20,21). The third kappa shape index (κ3) is 4.45. The Balaban J connectivity index is 1.53. The Morgan fingerprint density at radius 2 is 1.80 bits per heavy atom. The average molecular weight is 341 g/mol. The first-order valence-corrected chi connectivity index (χ1v) is 8.42. The van der Waals surface area contributed by atoms with Gasteiger partial charge in [-0.15, -0.1) is 0 Å². The van der Waals surface area contributed by atoms with Gasteiger partial charge in [0.05, 0.1) is 12.2 Å². The van der Waals surface area contributed by atoms with Crippen LogP contribution in [0.4, 0.5) is 11.6 Å². The van der Waals surface area contributed by atoms with Crippen molar-refractivity contribution in [2.45, 2.75) is 0 Å². The maximum Gasteiger partial charge on any atom is 0.257 e. The molecule has 0 spiro atoms. The maximum absolute atomic E-state index is 12.6. The molecule has 132 valence electrons. The number of hydrogen-bond acceptors (Lipinski definition) is 6. The fourth-order valence-corrected chi connectivity index (χ4v) is 2.78. The number of aromatic nitrogens is 2. The van der Waals surface area contributed by atoms with Gasteiger partial charge in [-0.1, -0.05) is 18.2 Å². The van der Waals surface area contributed by atoms with E-state index in [2.05, 4.69) is 32.3 Å². The molecule has 1 amide bonds. The van der Waals surface area contributed by atoms with Gasteiger partial charge in [0.25, 0.3) is 5.91 Å². The summed E-state index contributed by atoms with van der Waals surface area (Å²) in [6.45, 7) is 4.25. The topological polar surface area (TPSA) is 70.6 Å². The van der Waals surface area contributed by atoms with Crippen LogP contribution < -0.4 is 10.2 Å². The van der Waals surface area contributed by atoms with E-state index in [1.165, 1.54) is 5.69 Å². The van der Waals surface area contributed by atoms with Gasteiger partial charge < -0.3 is 19.9 Å². The second kappa shape index (κ2) is 8.43. The summed E-state index contributed by atoms with van der Waals surface area (Å²) in [5.41, 5.74) is 1.72. The van der Waals surface area contributed by atoms with Crippen molar-refractivity contribution in [2.24, 2.45) is 0 Å². The lowest BCUT2D eigenvalue weighted by Crippen LogP contribution is -2.48. The lowest BCUT2D eigenvalue weighted by molar-refractivity contribution is 0.0746. The van der Waals surface area contributed by atoms with E-state index >= 15 is 0 Å². The largest absolute Gasteiger partial charge is 0.383 e. The normalized spacial score (nSPS) is 14.4. The van der Waals surface area contributed by atoms with Crippen LogP contribution >= 0.6 is 0 Å². The van der Waals surface area contributed by atoms with E-state index in [4.69, 9.17) is 4.74 Å². The number of anilines is 2. The number of carbonyl (C=O) groups is 1. The summed E-state index contributed by atoms with van der Waals surface area (Å²) in [6.07, 6.45) is 3.15. The fraction of sp³-hybridized carbons (Fsp3) is 0.389. The predicted molar refractivity (Wildman–Crippen MR) is 97.0 cm³/mol. The highest BCUT2D eigenvalue weighted by atomic mass is 16.5. The zero-order chi connectivity index (χ0) is 17.5. The molecule has 7 nitrogen and oxygen atoms in total. The summed E-state index contributed by atoms with van der Waals surface area (Å²) >= 11 is 0. The summed E-state index contributed by atoms with van der Waals surface area (Å²) in [5, 5.41) is 3.04. The van der Waals surface area contributed by atoms with E-state index in [0.717, 1.165) is 13.1 Å². The highest BCUT2D eigenvalue weighted by molar-refractivity contribution is 5.93. The molecule has 1 saturated heterocycles. The maximum atomic E-state index is 12.6. The Hall–Kier alpha value is -2.67. The number of amides is 1. The Labute approximate surface area is 147 Å². The number of nitrogens with zero attached hydrogens (tertiary/aromatic N) is 4. The molecule has 0 radical (unpaired) electrons. The molecular formula is C18H23N5O2. The summed E-state index contributed by atoms with van der Waals surface area (Å²) in [7, 11) is 1.64. The molecule has 0 atom stereocenters. The number of piperazine rings is 1. The molecule has 2 aromatic rings. The third-order valence-electron chi connectivity index (χ3n) is 4.18. The molecule has 0 aliphatic carbocycles. The van der Waals surface area contributed by atoms with Gasteiger partial charge in [0.1, 0.15) is 0 Å². The summed E-state index contributed by atoms with van der Waals surface area (Å²) in [6, 6.07) is 10.3. The number of carbonyl (C=O) groups excluding carboxylic acids is 1. The van der Waals surface area contributed by atoms with E-state index in [1.807, 2.05) is 23.1 Å². The number of nitrogens with one attached hydrogen (secondary N) is 1. The summed E-state index contributed by atoms with van der Waals surface area (Å²) in [5.74, 6) is 0.485. The van der Waals surface area contributed by atoms with Gasteiger partial charge in [-0.2, -0.15) is 0 Å². The minimum atomic E-state index is -0.0175. The van der Waals surface area contributed by atoms with Crippen molar-refractivity contribution in [3.8, 4) is 0 Å². The highest BCUT2D eigenvalue weighted by Crippen LogP contribution is 2.16. The number of methoxy groups -OCH3 is 1. The highest BCUT2D eigenvalue weighted by Gasteiger charge is 2.22. The lowest BCUT2D eigenvalue weighted by atomic mass is 10.2. The predicted octanol–water partition coefficient (Wildman–Crippen LogP) is 1.50. The Bertz CT molecular complexity index is 670. The molecular weight excluding hydrogens is 318 g/mol. The number of ether oxygens (including phenoxy) is 1. The van der Waals surface area contributed by atoms with Crippen molar-refractivity contribution < 1.29 is 9.53 Å². The van der Waals surface area contributed by atoms with E-state index in [0.29, 0.717) is 37.8 Å². The molecule has 2 heterocycles. The molecule has 1 aliphatic rings. The second-order valence-electron chi connectivity index (χ2n) is 5.83. The number of rotatable bonds is 6. The van der Waals surface area contributed by atoms with Crippen molar-refractivity contribution >= 4 is 17.5 Å². The van der Waals surface area contributed by atoms with Crippen molar-refractivity contribution in [3.05, 3.63) is 48.3 Å². The Kier molecular flexibility index (Phi) is 5.79. The molecule has 25 heavy (non-hydrogen) atoms. The van der Waals surface area contributed by atoms with Gasteiger partial charge in [0.2, 0.25) is 5.95 Å². The monoisotopic (exact) mass is 341 g/mol. The lowest BCUT2D eigenvalue weighted by Gasteiger charge is -2.36. The molecule has 3 rings (SSSR count).